The Morgan fingerprint density at radius 3 is 2.81 bits per heavy atom. The van der Waals surface area contributed by atoms with Crippen molar-refractivity contribution in [1.29, 1.82) is 0 Å². The largest absolute Gasteiger partial charge is 0.314 e. The van der Waals surface area contributed by atoms with Gasteiger partial charge in [0, 0.05) is 18.8 Å². The molecule has 0 saturated heterocycles. The molecule has 1 unspecified atom stereocenters. The van der Waals surface area contributed by atoms with Crippen molar-refractivity contribution in [1.82, 2.24) is 20.3 Å². The highest BCUT2D eigenvalue weighted by Crippen LogP contribution is 2.01. The minimum absolute atomic E-state index is 0.705. The number of aryl methyl sites for hydroxylation is 1. The summed E-state index contributed by atoms with van der Waals surface area (Å²) in [5.41, 5.74) is 0. The minimum Gasteiger partial charge on any atom is -0.314 e. The smallest absolute Gasteiger partial charge is 0.0692 e. The lowest BCUT2D eigenvalue weighted by Gasteiger charge is -2.15. The molecule has 0 saturated carbocycles. The normalized spacial score (nSPS) is 12.9. The van der Waals surface area contributed by atoms with E-state index >= 15 is 0 Å². The van der Waals surface area contributed by atoms with Crippen LogP contribution >= 0.6 is 0 Å². The maximum absolute atomic E-state index is 3.94. The van der Waals surface area contributed by atoms with Crippen LogP contribution in [0.2, 0.25) is 0 Å². The van der Waals surface area contributed by atoms with Crippen LogP contribution in [0, 0.1) is 0 Å². The van der Waals surface area contributed by atoms with Crippen LogP contribution in [0.4, 0.5) is 0 Å². The van der Waals surface area contributed by atoms with Gasteiger partial charge in [-0.3, -0.25) is 4.68 Å². The van der Waals surface area contributed by atoms with Crippen LogP contribution in [0.25, 0.3) is 0 Å². The van der Waals surface area contributed by atoms with E-state index in [0.717, 1.165) is 13.1 Å². The summed E-state index contributed by atoms with van der Waals surface area (Å²) < 4.78 is 1.89. The minimum atomic E-state index is 0.705. The van der Waals surface area contributed by atoms with Gasteiger partial charge in [-0.05, 0) is 32.2 Å². The molecule has 1 aromatic rings. The van der Waals surface area contributed by atoms with E-state index < -0.39 is 0 Å². The quantitative estimate of drug-likeness (QED) is 0.654. The first kappa shape index (κ1) is 13.2. The molecule has 1 rings (SSSR count). The summed E-state index contributed by atoms with van der Waals surface area (Å²) in [6.45, 7) is 6.59. The van der Waals surface area contributed by atoms with Crippen LogP contribution in [-0.2, 0) is 6.54 Å². The van der Waals surface area contributed by atoms with E-state index in [2.05, 4.69) is 29.5 Å². The van der Waals surface area contributed by atoms with E-state index in [-0.39, 0.29) is 0 Å². The van der Waals surface area contributed by atoms with Gasteiger partial charge in [-0.15, -0.1) is 5.10 Å². The van der Waals surface area contributed by atoms with Crippen LogP contribution in [-0.4, -0.2) is 27.6 Å². The first-order valence-corrected chi connectivity index (χ1v) is 6.44. The van der Waals surface area contributed by atoms with E-state index in [9.17, 15) is 0 Å². The van der Waals surface area contributed by atoms with Crippen molar-refractivity contribution in [2.24, 2.45) is 0 Å². The Morgan fingerprint density at radius 1 is 1.31 bits per heavy atom. The Morgan fingerprint density at radius 2 is 2.19 bits per heavy atom. The third-order valence-corrected chi connectivity index (χ3v) is 2.85. The Bertz CT molecular complexity index is 246. The van der Waals surface area contributed by atoms with Gasteiger partial charge in [-0.1, -0.05) is 25.5 Å². The van der Waals surface area contributed by atoms with Crippen molar-refractivity contribution < 1.29 is 0 Å². The fraction of sp³-hybridized carbons (Fsp3) is 0.833. The maximum atomic E-state index is 3.94. The molecule has 0 bridgehead atoms. The molecule has 0 amide bonds. The molecule has 0 radical (unpaired) electrons. The van der Waals surface area contributed by atoms with E-state index in [1.54, 1.807) is 6.20 Å². The van der Waals surface area contributed by atoms with Gasteiger partial charge in [-0.25, -0.2) is 0 Å². The van der Waals surface area contributed by atoms with Gasteiger partial charge in [0.05, 0.1) is 6.20 Å². The summed E-state index contributed by atoms with van der Waals surface area (Å²) in [5.74, 6) is 0. The second-order valence-corrected chi connectivity index (χ2v) is 4.22. The van der Waals surface area contributed by atoms with Crippen molar-refractivity contribution in [2.75, 3.05) is 6.54 Å². The van der Waals surface area contributed by atoms with Crippen molar-refractivity contribution in [3.05, 3.63) is 12.4 Å². The van der Waals surface area contributed by atoms with Crippen molar-refractivity contribution >= 4 is 0 Å². The lowest BCUT2D eigenvalue weighted by Crippen LogP contribution is -2.29. The molecule has 1 atom stereocenters. The number of hydrogen-bond donors (Lipinski definition) is 1. The number of aromatic nitrogens is 3. The average molecular weight is 224 g/mol. The van der Waals surface area contributed by atoms with Gasteiger partial charge < -0.3 is 5.32 Å². The first-order chi connectivity index (χ1) is 7.86. The Kier molecular flexibility index (Phi) is 6.81. The fourth-order valence-electron chi connectivity index (χ4n) is 1.86. The summed E-state index contributed by atoms with van der Waals surface area (Å²) in [6, 6.07) is 0.705. The van der Waals surface area contributed by atoms with Crippen LogP contribution < -0.4 is 5.32 Å². The van der Waals surface area contributed by atoms with E-state index in [4.69, 9.17) is 0 Å². The molecule has 0 aliphatic carbocycles. The van der Waals surface area contributed by atoms with Gasteiger partial charge in [0.25, 0.3) is 0 Å². The lowest BCUT2D eigenvalue weighted by molar-refractivity contribution is 0.443. The maximum Gasteiger partial charge on any atom is 0.0692 e. The third-order valence-electron chi connectivity index (χ3n) is 2.85. The molecule has 1 N–H and O–H groups in total. The number of rotatable bonds is 9. The molecule has 0 aliphatic heterocycles. The summed E-state index contributed by atoms with van der Waals surface area (Å²) in [6.07, 6.45) is 9.81. The van der Waals surface area contributed by atoms with Crippen LogP contribution in [0.1, 0.15) is 46.0 Å². The van der Waals surface area contributed by atoms with Crippen LogP contribution in [0.3, 0.4) is 0 Å². The number of nitrogens with one attached hydrogen (secondary N) is 1. The van der Waals surface area contributed by atoms with E-state index in [1.165, 1.54) is 32.1 Å². The highest BCUT2D eigenvalue weighted by atomic mass is 15.4. The van der Waals surface area contributed by atoms with E-state index in [0.29, 0.717) is 6.04 Å². The molecule has 1 heterocycles. The zero-order valence-corrected chi connectivity index (χ0v) is 10.5. The number of hydrogen-bond acceptors (Lipinski definition) is 3. The molecule has 0 fully saturated rings. The molecular formula is C12H24N4. The predicted octanol–water partition coefficient (Wildman–Crippen LogP) is 2.23. The van der Waals surface area contributed by atoms with Crippen molar-refractivity contribution in [2.45, 2.75) is 58.5 Å². The zero-order valence-electron chi connectivity index (χ0n) is 10.5. The van der Waals surface area contributed by atoms with Crippen LogP contribution in [0.15, 0.2) is 12.4 Å². The van der Waals surface area contributed by atoms with Gasteiger partial charge in [-0.2, -0.15) is 0 Å². The molecule has 1 aromatic heterocycles. The van der Waals surface area contributed by atoms with Crippen molar-refractivity contribution in [3.63, 3.8) is 0 Å². The Labute approximate surface area is 98.4 Å². The van der Waals surface area contributed by atoms with Crippen LogP contribution in [0.5, 0.6) is 0 Å². The Hall–Kier alpha value is -0.900. The predicted molar refractivity (Wildman–Crippen MR) is 66.2 cm³/mol. The SMILES string of the molecule is CCCC(CC)NCCCCn1ccnn1. The zero-order chi connectivity index (χ0) is 11.6. The topological polar surface area (TPSA) is 42.7 Å². The molecular weight excluding hydrogens is 200 g/mol. The molecule has 0 aliphatic rings. The average Bonchev–Trinajstić information content (AvgIpc) is 2.80. The monoisotopic (exact) mass is 224 g/mol. The second-order valence-electron chi connectivity index (χ2n) is 4.22. The summed E-state index contributed by atoms with van der Waals surface area (Å²) in [4.78, 5) is 0. The molecule has 0 aromatic carbocycles. The highest BCUT2D eigenvalue weighted by Gasteiger charge is 2.02. The van der Waals surface area contributed by atoms with Gasteiger partial charge in [0.1, 0.15) is 0 Å². The number of unbranched alkanes of at least 4 members (excludes halogenated alkanes) is 1. The molecule has 92 valence electrons. The third kappa shape index (κ3) is 5.26. The van der Waals surface area contributed by atoms with E-state index in [1.807, 2.05) is 10.9 Å². The first-order valence-electron chi connectivity index (χ1n) is 6.44. The summed E-state index contributed by atoms with van der Waals surface area (Å²) >= 11 is 0. The highest BCUT2D eigenvalue weighted by molar-refractivity contribution is 4.65. The lowest BCUT2D eigenvalue weighted by atomic mass is 10.1. The van der Waals surface area contributed by atoms with Gasteiger partial charge >= 0.3 is 0 Å². The van der Waals surface area contributed by atoms with Gasteiger partial charge in [0.15, 0.2) is 0 Å². The molecule has 4 heteroatoms. The van der Waals surface area contributed by atoms with Crippen molar-refractivity contribution in [3.8, 4) is 0 Å². The molecule has 0 spiro atoms. The molecule has 16 heavy (non-hydrogen) atoms. The Balaban J connectivity index is 1.98. The summed E-state index contributed by atoms with van der Waals surface area (Å²) in [7, 11) is 0. The standard InChI is InChI=1S/C12H24N4/c1-3-7-12(4-2)13-8-5-6-10-16-11-9-14-15-16/h9,11-13H,3-8,10H2,1-2H3. The van der Waals surface area contributed by atoms with Gasteiger partial charge in [0.2, 0.25) is 0 Å². The number of nitrogens with zero attached hydrogens (tertiary/aromatic N) is 3. The second kappa shape index (κ2) is 8.28. The fourth-order valence-corrected chi connectivity index (χ4v) is 1.86. The molecule has 4 nitrogen and oxygen atoms in total. The summed E-state index contributed by atoms with van der Waals surface area (Å²) in [5, 5.41) is 11.3.